The first-order valence-corrected chi connectivity index (χ1v) is 4.65. The van der Waals surface area contributed by atoms with Crippen molar-refractivity contribution in [3.63, 3.8) is 0 Å². The number of methoxy groups -OCH3 is 1. The van der Waals surface area contributed by atoms with Crippen molar-refractivity contribution < 1.29 is 14.9 Å². The number of hydrogen-bond acceptors (Lipinski definition) is 4. The molecule has 0 unspecified atom stereocenters. The molecule has 15 heavy (non-hydrogen) atoms. The number of hydrogen-bond donors (Lipinski definition) is 2. The average molecular weight is 205 g/mol. The fourth-order valence-electron chi connectivity index (χ4n) is 1.57. The predicted molar refractivity (Wildman–Crippen MR) is 52.5 cm³/mol. The number of nitriles is 1. The molecule has 1 fully saturated rings. The summed E-state index contributed by atoms with van der Waals surface area (Å²) in [7, 11) is 1.41. The van der Waals surface area contributed by atoms with Gasteiger partial charge in [0.25, 0.3) is 0 Å². The van der Waals surface area contributed by atoms with Crippen LogP contribution < -0.4 is 4.74 Å². The van der Waals surface area contributed by atoms with Crippen LogP contribution in [0, 0.1) is 11.3 Å². The quantitative estimate of drug-likeness (QED) is 0.762. The van der Waals surface area contributed by atoms with Crippen LogP contribution in [0.4, 0.5) is 0 Å². The maximum atomic E-state index is 9.90. The van der Waals surface area contributed by atoms with Crippen LogP contribution in [0.2, 0.25) is 0 Å². The lowest BCUT2D eigenvalue weighted by atomic mass is 10.0. The third-order valence-electron chi connectivity index (χ3n) is 2.65. The maximum Gasteiger partial charge on any atom is 0.163 e. The van der Waals surface area contributed by atoms with Gasteiger partial charge in [0.05, 0.1) is 24.3 Å². The van der Waals surface area contributed by atoms with Crippen LogP contribution in [0.5, 0.6) is 11.5 Å². The van der Waals surface area contributed by atoms with Crippen LogP contribution >= 0.6 is 0 Å². The summed E-state index contributed by atoms with van der Waals surface area (Å²) in [6.45, 7) is 0. The molecule has 1 aromatic carbocycles. The van der Waals surface area contributed by atoms with Crippen LogP contribution in [0.25, 0.3) is 0 Å². The van der Waals surface area contributed by atoms with Gasteiger partial charge in [-0.05, 0) is 18.9 Å². The zero-order valence-electron chi connectivity index (χ0n) is 8.32. The van der Waals surface area contributed by atoms with Gasteiger partial charge in [-0.3, -0.25) is 0 Å². The standard InChI is InChI=1S/C11H11NO3/c1-15-9-5-7(6-12)4-8(10(9)13)11(14)2-3-11/h4-5,13-14H,2-3H2,1H3. The Bertz CT molecular complexity index is 444. The molecule has 0 heterocycles. The monoisotopic (exact) mass is 205 g/mol. The number of aliphatic hydroxyl groups is 1. The highest BCUT2D eigenvalue weighted by molar-refractivity contribution is 5.54. The molecular weight excluding hydrogens is 194 g/mol. The number of benzene rings is 1. The lowest BCUT2D eigenvalue weighted by molar-refractivity contribution is 0.147. The Balaban J connectivity index is 2.58. The van der Waals surface area contributed by atoms with E-state index >= 15 is 0 Å². The molecule has 0 spiro atoms. The molecule has 78 valence electrons. The molecule has 1 aliphatic carbocycles. The zero-order valence-corrected chi connectivity index (χ0v) is 8.32. The van der Waals surface area contributed by atoms with Crippen molar-refractivity contribution in [1.82, 2.24) is 0 Å². The number of aromatic hydroxyl groups is 1. The topological polar surface area (TPSA) is 73.5 Å². The van der Waals surface area contributed by atoms with Gasteiger partial charge in [-0.15, -0.1) is 0 Å². The first-order valence-electron chi connectivity index (χ1n) is 4.65. The van der Waals surface area contributed by atoms with Crippen molar-refractivity contribution in [2.45, 2.75) is 18.4 Å². The molecular formula is C11H11NO3. The van der Waals surface area contributed by atoms with Gasteiger partial charge >= 0.3 is 0 Å². The summed E-state index contributed by atoms with van der Waals surface area (Å²) in [6, 6.07) is 4.92. The van der Waals surface area contributed by atoms with Crippen LogP contribution in [0.15, 0.2) is 12.1 Å². The minimum absolute atomic E-state index is 0.0727. The molecule has 0 atom stereocenters. The van der Waals surface area contributed by atoms with E-state index in [1.54, 1.807) is 0 Å². The second-order valence-electron chi connectivity index (χ2n) is 3.72. The van der Waals surface area contributed by atoms with Crippen LogP contribution in [-0.2, 0) is 5.60 Å². The lowest BCUT2D eigenvalue weighted by Crippen LogP contribution is -2.05. The van der Waals surface area contributed by atoms with E-state index in [-0.39, 0.29) is 11.5 Å². The van der Waals surface area contributed by atoms with Gasteiger partial charge in [-0.25, -0.2) is 0 Å². The van der Waals surface area contributed by atoms with Gasteiger partial charge in [0.2, 0.25) is 0 Å². The number of phenols is 1. The fraction of sp³-hybridized carbons (Fsp3) is 0.364. The van der Waals surface area contributed by atoms with E-state index in [0.29, 0.717) is 24.0 Å². The average Bonchev–Trinajstić information content (AvgIpc) is 2.98. The third kappa shape index (κ3) is 1.51. The van der Waals surface area contributed by atoms with E-state index in [2.05, 4.69) is 0 Å². The van der Waals surface area contributed by atoms with Crippen LogP contribution in [-0.4, -0.2) is 17.3 Å². The lowest BCUT2D eigenvalue weighted by Gasteiger charge is -2.13. The Morgan fingerprint density at radius 1 is 1.47 bits per heavy atom. The number of nitrogens with zero attached hydrogens (tertiary/aromatic N) is 1. The predicted octanol–water partition coefficient (Wildman–Crippen LogP) is 1.25. The zero-order chi connectivity index (χ0) is 11.1. The molecule has 0 amide bonds. The number of phenolic OH excluding ortho intramolecular Hbond substituents is 1. The molecule has 4 heteroatoms. The van der Waals surface area contributed by atoms with Gasteiger partial charge in [0.1, 0.15) is 0 Å². The van der Waals surface area contributed by atoms with Gasteiger partial charge in [0.15, 0.2) is 11.5 Å². The third-order valence-corrected chi connectivity index (χ3v) is 2.65. The molecule has 2 rings (SSSR count). The molecule has 0 saturated heterocycles. The SMILES string of the molecule is COc1cc(C#N)cc(C2(O)CC2)c1O. The number of ether oxygens (including phenoxy) is 1. The van der Waals surface area contributed by atoms with Crippen molar-refractivity contribution in [3.8, 4) is 17.6 Å². The fourth-order valence-corrected chi connectivity index (χ4v) is 1.57. The van der Waals surface area contributed by atoms with Crippen molar-refractivity contribution in [2.24, 2.45) is 0 Å². The molecule has 1 saturated carbocycles. The Labute approximate surface area is 87.3 Å². The Morgan fingerprint density at radius 2 is 2.13 bits per heavy atom. The molecule has 1 aromatic rings. The summed E-state index contributed by atoms with van der Waals surface area (Å²) < 4.78 is 4.94. The van der Waals surface area contributed by atoms with E-state index in [4.69, 9.17) is 10.00 Å². The molecule has 2 N–H and O–H groups in total. The Kier molecular flexibility index (Phi) is 2.06. The summed E-state index contributed by atoms with van der Waals surface area (Å²) in [5.74, 6) is 0.154. The smallest absolute Gasteiger partial charge is 0.163 e. The summed E-state index contributed by atoms with van der Waals surface area (Å²) in [5.41, 5.74) is -0.206. The van der Waals surface area contributed by atoms with Crippen molar-refractivity contribution in [1.29, 1.82) is 5.26 Å². The van der Waals surface area contributed by atoms with E-state index in [9.17, 15) is 10.2 Å². The summed E-state index contributed by atoms with van der Waals surface area (Å²) in [6.07, 6.45) is 1.22. The van der Waals surface area contributed by atoms with E-state index < -0.39 is 5.60 Å². The second-order valence-corrected chi connectivity index (χ2v) is 3.72. The van der Waals surface area contributed by atoms with E-state index in [1.807, 2.05) is 6.07 Å². The summed E-state index contributed by atoms with van der Waals surface area (Å²) in [4.78, 5) is 0. The highest BCUT2D eigenvalue weighted by Gasteiger charge is 2.45. The Morgan fingerprint density at radius 3 is 2.60 bits per heavy atom. The highest BCUT2D eigenvalue weighted by Crippen LogP contribution is 2.51. The summed E-state index contributed by atoms with van der Waals surface area (Å²) in [5, 5.41) is 28.5. The minimum Gasteiger partial charge on any atom is -0.504 e. The molecule has 4 nitrogen and oxygen atoms in total. The van der Waals surface area contributed by atoms with Gasteiger partial charge in [-0.1, -0.05) is 0 Å². The molecule has 0 aliphatic heterocycles. The van der Waals surface area contributed by atoms with Crippen molar-refractivity contribution in [3.05, 3.63) is 23.3 Å². The van der Waals surface area contributed by atoms with Gasteiger partial charge in [0, 0.05) is 11.6 Å². The van der Waals surface area contributed by atoms with E-state index in [1.165, 1.54) is 19.2 Å². The first kappa shape index (κ1) is 9.81. The molecule has 1 aliphatic rings. The minimum atomic E-state index is -0.968. The van der Waals surface area contributed by atoms with E-state index in [0.717, 1.165) is 0 Å². The van der Waals surface area contributed by atoms with Crippen molar-refractivity contribution in [2.75, 3.05) is 7.11 Å². The second kappa shape index (κ2) is 3.14. The maximum absolute atomic E-state index is 9.90. The first-order chi connectivity index (χ1) is 7.10. The highest BCUT2D eigenvalue weighted by atomic mass is 16.5. The molecule has 0 radical (unpaired) electrons. The normalized spacial score (nSPS) is 16.9. The van der Waals surface area contributed by atoms with Gasteiger partial charge in [-0.2, -0.15) is 5.26 Å². The van der Waals surface area contributed by atoms with Crippen LogP contribution in [0.3, 0.4) is 0 Å². The molecule has 0 bridgehead atoms. The number of rotatable bonds is 2. The van der Waals surface area contributed by atoms with Gasteiger partial charge < -0.3 is 14.9 Å². The van der Waals surface area contributed by atoms with Crippen molar-refractivity contribution >= 4 is 0 Å². The summed E-state index contributed by atoms with van der Waals surface area (Å²) >= 11 is 0. The largest absolute Gasteiger partial charge is 0.504 e. The Hall–Kier alpha value is -1.73. The van der Waals surface area contributed by atoms with Crippen LogP contribution in [0.1, 0.15) is 24.0 Å². The molecule has 0 aromatic heterocycles.